The molecule has 30 heavy (non-hydrogen) atoms. The summed E-state index contributed by atoms with van der Waals surface area (Å²) in [6.45, 7) is 0. The number of carbonyl (C=O) groups is 1. The Morgan fingerprint density at radius 1 is 0.767 bits per heavy atom. The molecule has 150 valence electrons. The van der Waals surface area contributed by atoms with Crippen molar-refractivity contribution >= 4 is 5.91 Å². The molecule has 5 N–H and O–H groups in total. The Bertz CT molecular complexity index is 1120. The molecule has 0 saturated heterocycles. The number of carbonyl (C=O) groups excluding carboxylic acids is 1. The van der Waals surface area contributed by atoms with Crippen molar-refractivity contribution in [2.75, 3.05) is 0 Å². The van der Waals surface area contributed by atoms with Crippen molar-refractivity contribution in [2.45, 2.75) is 5.92 Å². The van der Waals surface area contributed by atoms with Crippen molar-refractivity contribution in [3.63, 3.8) is 0 Å². The second-order valence-electron chi connectivity index (χ2n) is 6.79. The van der Waals surface area contributed by atoms with Crippen molar-refractivity contribution in [2.24, 2.45) is 5.73 Å². The van der Waals surface area contributed by atoms with E-state index in [1.54, 1.807) is 36.4 Å². The van der Waals surface area contributed by atoms with Crippen molar-refractivity contribution in [1.82, 2.24) is 5.16 Å². The second kappa shape index (κ2) is 7.63. The van der Waals surface area contributed by atoms with Crippen LogP contribution in [0.15, 0.2) is 77.3 Å². The molecular weight excluding hydrogens is 384 g/mol. The number of aromatic hydroxyl groups is 3. The Kier molecular flexibility index (Phi) is 4.85. The zero-order valence-electron chi connectivity index (χ0n) is 15.7. The molecule has 1 heterocycles. The molecule has 4 aromatic rings. The van der Waals surface area contributed by atoms with Crippen molar-refractivity contribution < 1.29 is 24.6 Å². The minimum Gasteiger partial charge on any atom is -0.508 e. The number of hydrogen-bond acceptors (Lipinski definition) is 6. The van der Waals surface area contributed by atoms with Gasteiger partial charge in [0.15, 0.2) is 5.76 Å². The predicted molar refractivity (Wildman–Crippen MR) is 110 cm³/mol. The molecule has 0 bridgehead atoms. The number of nitrogens with zero attached hydrogens (tertiary/aromatic N) is 1. The van der Waals surface area contributed by atoms with E-state index in [0.717, 1.165) is 0 Å². The second-order valence-corrected chi connectivity index (χ2v) is 6.79. The third-order valence-corrected chi connectivity index (χ3v) is 4.80. The molecule has 0 radical (unpaired) electrons. The van der Waals surface area contributed by atoms with E-state index in [0.29, 0.717) is 33.7 Å². The quantitative estimate of drug-likeness (QED) is 0.402. The Labute approximate surface area is 171 Å². The molecule has 4 rings (SSSR count). The smallest absolute Gasteiger partial charge is 0.229 e. The molecule has 0 aliphatic carbocycles. The monoisotopic (exact) mass is 402 g/mol. The zero-order chi connectivity index (χ0) is 21.3. The van der Waals surface area contributed by atoms with Gasteiger partial charge in [0.25, 0.3) is 0 Å². The van der Waals surface area contributed by atoms with Crippen LogP contribution in [0.25, 0.3) is 22.6 Å². The molecule has 0 aliphatic heterocycles. The first kappa shape index (κ1) is 19.1. The van der Waals surface area contributed by atoms with E-state index < -0.39 is 11.8 Å². The fourth-order valence-corrected chi connectivity index (χ4v) is 3.35. The highest BCUT2D eigenvalue weighted by atomic mass is 16.5. The van der Waals surface area contributed by atoms with Crippen LogP contribution in [0.5, 0.6) is 17.2 Å². The number of phenols is 3. The molecule has 1 aromatic heterocycles. The fraction of sp³-hybridized carbons (Fsp3) is 0.0435. The normalized spacial score (nSPS) is 11.9. The summed E-state index contributed by atoms with van der Waals surface area (Å²) >= 11 is 0. The lowest BCUT2D eigenvalue weighted by Crippen LogP contribution is -2.23. The summed E-state index contributed by atoms with van der Waals surface area (Å²) in [4.78, 5) is 12.6. The molecular formula is C23H18N2O5. The third-order valence-electron chi connectivity index (χ3n) is 4.80. The van der Waals surface area contributed by atoms with E-state index >= 15 is 0 Å². The van der Waals surface area contributed by atoms with Crippen LogP contribution in [-0.4, -0.2) is 26.4 Å². The van der Waals surface area contributed by atoms with Gasteiger partial charge in [-0.3, -0.25) is 4.79 Å². The van der Waals surface area contributed by atoms with Crippen LogP contribution in [0, 0.1) is 0 Å². The van der Waals surface area contributed by atoms with Gasteiger partial charge in [0.2, 0.25) is 5.91 Å². The van der Waals surface area contributed by atoms with Gasteiger partial charge in [-0.15, -0.1) is 0 Å². The highest BCUT2D eigenvalue weighted by molar-refractivity contribution is 5.91. The number of nitrogens with two attached hydrogens (primary N) is 1. The van der Waals surface area contributed by atoms with E-state index in [1.807, 2.05) is 0 Å². The van der Waals surface area contributed by atoms with Crippen LogP contribution in [0.4, 0.5) is 0 Å². The standard InChI is InChI=1S/C23H18N2O5/c24-23(29)19(13-1-7-16(26)8-2-13)20-21(14-3-9-17(27)10-4-14)25-30-22(20)15-5-11-18(28)12-6-15/h1-12,19,26-28H,(H2,24,29). The molecule has 0 fully saturated rings. The minimum atomic E-state index is -0.913. The van der Waals surface area contributed by atoms with Gasteiger partial charge in [0.1, 0.15) is 22.9 Å². The van der Waals surface area contributed by atoms with E-state index in [9.17, 15) is 20.1 Å². The number of aromatic nitrogens is 1. The molecule has 0 aliphatic rings. The molecule has 3 aromatic carbocycles. The van der Waals surface area contributed by atoms with Crippen molar-refractivity contribution in [3.8, 4) is 39.8 Å². The molecule has 0 spiro atoms. The van der Waals surface area contributed by atoms with Gasteiger partial charge in [0, 0.05) is 16.7 Å². The van der Waals surface area contributed by atoms with E-state index in [2.05, 4.69) is 5.16 Å². The highest BCUT2D eigenvalue weighted by Gasteiger charge is 2.31. The van der Waals surface area contributed by atoms with Crippen LogP contribution >= 0.6 is 0 Å². The Morgan fingerprint density at radius 2 is 1.23 bits per heavy atom. The number of benzene rings is 3. The first-order valence-corrected chi connectivity index (χ1v) is 9.10. The topological polar surface area (TPSA) is 130 Å². The van der Waals surface area contributed by atoms with Gasteiger partial charge < -0.3 is 25.6 Å². The number of amides is 1. The maximum atomic E-state index is 12.6. The van der Waals surface area contributed by atoms with Gasteiger partial charge in [-0.25, -0.2) is 0 Å². The SMILES string of the molecule is NC(=O)C(c1ccc(O)cc1)c1c(-c2ccc(O)cc2)noc1-c1ccc(O)cc1. The Balaban J connectivity index is 1.96. The van der Waals surface area contributed by atoms with Crippen LogP contribution in [0.1, 0.15) is 17.0 Å². The number of primary amides is 1. The largest absolute Gasteiger partial charge is 0.508 e. The minimum absolute atomic E-state index is 0.0600. The van der Waals surface area contributed by atoms with Crippen LogP contribution in [0.2, 0.25) is 0 Å². The summed E-state index contributed by atoms with van der Waals surface area (Å²) in [7, 11) is 0. The maximum Gasteiger partial charge on any atom is 0.229 e. The molecule has 1 amide bonds. The highest BCUT2D eigenvalue weighted by Crippen LogP contribution is 2.41. The average molecular weight is 402 g/mol. The Morgan fingerprint density at radius 3 is 1.73 bits per heavy atom. The van der Waals surface area contributed by atoms with Crippen LogP contribution < -0.4 is 5.73 Å². The van der Waals surface area contributed by atoms with Gasteiger partial charge in [-0.1, -0.05) is 17.3 Å². The van der Waals surface area contributed by atoms with Crippen LogP contribution in [-0.2, 0) is 4.79 Å². The molecule has 7 heteroatoms. The van der Waals surface area contributed by atoms with Crippen molar-refractivity contribution in [1.29, 1.82) is 0 Å². The van der Waals surface area contributed by atoms with Gasteiger partial charge in [-0.2, -0.15) is 0 Å². The summed E-state index contributed by atoms with van der Waals surface area (Å²) in [5, 5.41) is 33.0. The van der Waals surface area contributed by atoms with Gasteiger partial charge in [0.05, 0.1) is 5.92 Å². The zero-order valence-corrected chi connectivity index (χ0v) is 15.7. The van der Waals surface area contributed by atoms with E-state index in [1.165, 1.54) is 36.4 Å². The maximum absolute atomic E-state index is 12.6. The summed E-state index contributed by atoms with van der Waals surface area (Å²) in [6, 6.07) is 18.8. The predicted octanol–water partition coefficient (Wildman–Crippen LogP) is 3.74. The lowest BCUT2D eigenvalue weighted by Gasteiger charge is -2.16. The summed E-state index contributed by atoms with van der Waals surface area (Å²) in [5.41, 5.74) is 8.42. The van der Waals surface area contributed by atoms with E-state index in [-0.39, 0.29) is 17.2 Å². The van der Waals surface area contributed by atoms with Gasteiger partial charge in [-0.05, 0) is 66.2 Å². The lowest BCUT2D eigenvalue weighted by molar-refractivity contribution is -0.118. The average Bonchev–Trinajstić information content (AvgIpc) is 3.15. The molecule has 1 atom stereocenters. The molecule has 1 unspecified atom stereocenters. The molecule has 7 nitrogen and oxygen atoms in total. The Hall–Kier alpha value is -4.26. The lowest BCUT2D eigenvalue weighted by atomic mass is 9.86. The first-order chi connectivity index (χ1) is 14.4. The van der Waals surface area contributed by atoms with Crippen molar-refractivity contribution in [3.05, 3.63) is 83.9 Å². The number of rotatable bonds is 5. The van der Waals surface area contributed by atoms with Crippen LogP contribution in [0.3, 0.4) is 0 Å². The van der Waals surface area contributed by atoms with E-state index in [4.69, 9.17) is 10.3 Å². The fourth-order valence-electron chi connectivity index (χ4n) is 3.35. The third kappa shape index (κ3) is 3.56. The van der Waals surface area contributed by atoms with Gasteiger partial charge >= 0.3 is 0 Å². The number of phenolic OH excluding ortho intramolecular Hbond substituents is 3. The summed E-state index contributed by atoms with van der Waals surface area (Å²) < 4.78 is 5.63. The number of hydrogen-bond donors (Lipinski definition) is 4. The summed E-state index contributed by atoms with van der Waals surface area (Å²) in [6.07, 6.45) is 0. The first-order valence-electron chi connectivity index (χ1n) is 9.10. The summed E-state index contributed by atoms with van der Waals surface area (Å²) in [5.74, 6) is -0.968. The molecule has 0 saturated carbocycles.